The topological polar surface area (TPSA) is 41.0 Å². The summed E-state index contributed by atoms with van der Waals surface area (Å²) in [7, 11) is 0. The van der Waals surface area contributed by atoms with Gasteiger partial charge in [0.2, 0.25) is 0 Å². The zero-order chi connectivity index (χ0) is 14.0. The summed E-state index contributed by atoms with van der Waals surface area (Å²) in [6.45, 7) is 14.0. The summed E-state index contributed by atoms with van der Waals surface area (Å²) in [4.78, 5) is 2.34. The van der Waals surface area contributed by atoms with Crippen molar-refractivity contribution in [2.75, 3.05) is 18.0 Å². The lowest BCUT2D eigenvalue weighted by Crippen LogP contribution is -2.35. The maximum atomic E-state index is 4.37. The van der Waals surface area contributed by atoms with Gasteiger partial charge in [0.25, 0.3) is 0 Å². The number of hydrogen-bond acceptors (Lipinski definition) is 4. The van der Waals surface area contributed by atoms with Crippen molar-refractivity contribution in [3.63, 3.8) is 0 Å². The van der Waals surface area contributed by atoms with Gasteiger partial charge in [-0.15, -0.1) is 5.10 Å². The number of anilines is 1. The minimum atomic E-state index is 0.111. The molecule has 1 saturated heterocycles. The van der Waals surface area contributed by atoms with Crippen LogP contribution in [0.2, 0.25) is 0 Å². The highest BCUT2D eigenvalue weighted by atomic mass is 15.3. The second-order valence-corrected chi connectivity index (χ2v) is 6.85. The second kappa shape index (κ2) is 5.45. The smallest absolute Gasteiger partial charge is 0.151 e. The van der Waals surface area contributed by atoms with Crippen molar-refractivity contribution in [3.05, 3.63) is 17.8 Å². The van der Waals surface area contributed by atoms with Gasteiger partial charge in [-0.3, -0.25) is 0 Å². The van der Waals surface area contributed by atoms with Gasteiger partial charge in [0.05, 0.1) is 5.69 Å². The van der Waals surface area contributed by atoms with Crippen molar-refractivity contribution < 1.29 is 0 Å². The number of nitrogens with zero attached hydrogens (tertiary/aromatic N) is 3. The highest BCUT2D eigenvalue weighted by Gasteiger charge is 2.26. The minimum Gasteiger partial charge on any atom is -0.355 e. The Bertz CT molecular complexity index is 397. The van der Waals surface area contributed by atoms with Crippen LogP contribution in [-0.2, 0) is 6.54 Å². The first-order chi connectivity index (χ1) is 8.85. The van der Waals surface area contributed by atoms with Crippen molar-refractivity contribution in [2.45, 2.75) is 46.7 Å². The van der Waals surface area contributed by atoms with Gasteiger partial charge in [-0.05, 0) is 44.7 Å². The third-order valence-electron chi connectivity index (χ3n) is 3.82. The van der Waals surface area contributed by atoms with E-state index in [1.165, 1.54) is 0 Å². The molecule has 0 aliphatic carbocycles. The number of hydrogen-bond donors (Lipinski definition) is 1. The zero-order valence-electron chi connectivity index (χ0n) is 12.8. The summed E-state index contributed by atoms with van der Waals surface area (Å²) in [5.74, 6) is 2.49. The van der Waals surface area contributed by atoms with Crippen LogP contribution in [0.3, 0.4) is 0 Å². The third-order valence-corrected chi connectivity index (χ3v) is 3.82. The molecule has 0 bridgehead atoms. The van der Waals surface area contributed by atoms with Crippen molar-refractivity contribution in [1.29, 1.82) is 0 Å². The molecule has 4 nitrogen and oxygen atoms in total. The van der Waals surface area contributed by atoms with Crippen LogP contribution in [0, 0.1) is 11.8 Å². The molecule has 1 aromatic heterocycles. The van der Waals surface area contributed by atoms with E-state index in [0.717, 1.165) is 43.0 Å². The quantitative estimate of drug-likeness (QED) is 0.908. The van der Waals surface area contributed by atoms with Gasteiger partial charge >= 0.3 is 0 Å². The lowest BCUT2D eigenvalue weighted by Gasteiger charge is -2.20. The monoisotopic (exact) mass is 262 g/mol. The molecule has 1 N–H and O–H groups in total. The fourth-order valence-electron chi connectivity index (χ4n) is 2.29. The molecule has 1 fully saturated rings. The summed E-state index contributed by atoms with van der Waals surface area (Å²) in [6.07, 6.45) is 0. The van der Waals surface area contributed by atoms with Crippen molar-refractivity contribution in [2.24, 2.45) is 11.8 Å². The predicted octanol–water partition coefficient (Wildman–Crippen LogP) is 2.46. The molecule has 4 heteroatoms. The van der Waals surface area contributed by atoms with Crippen LogP contribution in [0.25, 0.3) is 0 Å². The van der Waals surface area contributed by atoms with E-state index >= 15 is 0 Å². The Morgan fingerprint density at radius 2 is 1.79 bits per heavy atom. The Labute approximate surface area is 116 Å². The van der Waals surface area contributed by atoms with Crippen LogP contribution in [0.4, 0.5) is 5.82 Å². The fourth-order valence-corrected chi connectivity index (χ4v) is 2.29. The maximum Gasteiger partial charge on any atom is 0.151 e. The first-order valence-corrected chi connectivity index (χ1v) is 7.18. The maximum absolute atomic E-state index is 4.37. The molecule has 2 heterocycles. The molecular formula is C15H26N4. The van der Waals surface area contributed by atoms with E-state index in [4.69, 9.17) is 0 Å². The van der Waals surface area contributed by atoms with Crippen LogP contribution >= 0.6 is 0 Å². The molecule has 1 aromatic rings. The van der Waals surface area contributed by atoms with Crippen LogP contribution < -0.4 is 10.2 Å². The molecule has 2 rings (SSSR count). The normalized spacial score (nSPS) is 23.9. The lowest BCUT2D eigenvalue weighted by atomic mass is 10.0. The molecule has 1 aliphatic rings. The van der Waals surface area contributed by atoms with Crippen LogP contribution in [-0.4, -0.2) is 28.8 Å². The van der Waals surface area contributed by atoms with Gasteiger partial charge < -0.3 is 10.2 Å². The fraction of sp³-hybridized carbons (Fsp3) is 0.733. The Morgan fingerprint density at radius 3 is 2.26 bits per heavy atom. The Hall–Kier alpha value is -1.16. The molecule has 0 radical (unpaired) electrons. The van der Waals surface area contributed by atoms with E-state index in [9.17, 15) is 0 Å². The average Bonchev–Trinajstić information content (AvgIpc) is 2.67. The molecule has 2 unspecified atom stereocenters. The number of rotatable bonds is 3. The SMILES string of the molecule is CC1CN(c2ccc(CNC(C)(C)C)nn2)CC1C. The predicted molar refractivity (Wildman–Crippen MR) is 79.2 cm³/mol. The molecule has 0 amide bonds. The zero-order valence-corrected chi connectivity index (χ0v) is 12.8. The van der Waals surface area contributed by atoms with Crippen LogP contribution in [0.1, 0.15) is 40.3 Å². The van der Waals surface area contributed by atoms with Crippen LogP contribution in [0.15, 0.2) is 12.1 Å². The van der Waals surface area contributed by atoms with Gasteiger partial charge in [0.15, 0.2) is 5.82 Å². The van der Waals surface area contributed by atoms with E-state index in [1.807, 2.05) is 0 Å². The molecule has 2 atom stereocenters. The van der Waals surface area contributed by atoms with Gasteiger partial charge in [0.1, 0.15) is 0 Å². The molecule has 0 spiro atoms. The van der Waals surface area contributed by atoms with E-state index in [1.54, 1.807) is 0 Å². The van der Waals surface area contributed by atoms with Gasteiger partial charge in [-0.25, -0.2) is 0 Å². The van der Waals surface area contributed by atoms with Crippen LogP contribution in [0.5, 0.6) is 0 Å². The standard InChI is InChI=1S/C15H26N4/c1-11-9-19(10-12(11)2)14-7-6-13(17-18-14)8-16-15(3,4)5/h6-7,11-12,16H,8-10H2,1-5H3. The molecule has 0 aromatic carbocycles. The van der Waals surface area contributed by atoms with Gasteiger partial charge in [0, 0.05) is 25.2 Å². The van der Waals surface area contributed by atoms with Crippen molar-refractivity contribution >= 4 is 5.82 Å². The lowest BCUT2D eigenvalue weighted by molar-refractivity contribution is 0.420. The van der Waals surface area contributed by atoms with E-state index in [0.29, 0.717) is 0 Å². The molecule has 19 heavy (non-hydrogen) atoms. The Kier molecular flexibility index (Phi) is 4.09. The summed E-state index contributed by atoms with van der Waals surface area (Å²) in [6, 6.07) is 4.17. The number of aromatic nitrogens is 2. The average molecular weight is 262 g/mol. The first kappa shape index (κ1) is 14.3. The second-order valence-electron chi connectivity index (χ2n) is 6.85. The van der Waals surface area contributed by atoms with Crippen molar-refractivity contribution in [1.82, 2.24) is 15.5 Å². The third kappa shape index (κ3) is 3.90. The van der Waals surface area contributed by atoms with Gasteiger partial charge in [-0.1, -0.05) is 13.8 Å². The van der Waals surface area contributed by atoms with E-state index in [-0.39, 0.29) is 5.54 Å². The number of nitrogens with one attached hydrogen (secondary N) is 1. The Balaban J connectivity index is 1.95. The van der Waals surface area contributed by atoms with E-state index < -0.39 is 0 Å². The highest BCUT2D eigenvalue weighted by Crippen LogP contribution is 2.25. The molecule has 106 valence electrons. The minimum absolute atomic E-state index is 0.111. The summed E-state index contributed by atoms with van der Waals surface area (Å²) < 4.78 is 0. The molecule has 1 aliphatic heterocycles. The van der Waals surface area contributed by atoms with E-state index in [2.05, 4.69) is 67.2 Å². The Morgan fingerprint density at radius 1 is 1.16 bits per heavy atom. The molecular weight excluding hydrogens is 236 g/mol. The van der Waals surface area contributed by atoms with Crippen molar-refractivity contribution in [3.8, 4) is 0 Å². The summed E-state index contributed by atoms with van der Waals surface area (Å²) in [5.41, 5.74) is 1.11. The largest absolute Gasteiger partial charge is 0.355 e. The summed E-state index contributed by atoms with van der Waals surface area (Å²) in [5, 5.41) is 12.1. The summed E-state index contributed by atoms with van der Waals surface area (Å²) >= 11 is 0. The molecule has 0 saturated carbocycles. The first-order valence-electron chi connectivity index (χ1n) is 7.18. The van der Waals surface area contributed by atoms with Gasteiger partial charge in [-0.2, -0.15) is 5.10 Å². The highest BCUT2D eigenvalue weighted by molar-refractivity contribution is 5.39.